The van der Waals surface area contributed by atoms with Gasteiger partial charge < -0.3 is 5.73 Å². The summed E-state index contributed by atoms with van der Waals surface area (Å²) < 4.78 is 40.1. The van der Waals surface area contributed by atoms with E-state index in [1.165, 1.54) is 12.1 Å². The molecule has 0 radical (unpaired) electrons. The molecule has 0 fully saturated rings. The number of halogens is 1. The maximum Gasteiger partial charge on any atom is 0.243 e. The maximum atomic E-state index is 13.7. The van der Waals surface area contributed by atoms with E-state index in [1.807, 2.05) is 13.8 Å². The van der Waals surface area contributed by atoms with Crippen LogP contribution >= 0.6 is 0 Å². The summed E-state index contributed by atoms with van der Waals surface area (Å²) in [5.41, 5.74) is 5.93. The Bertz CT molecular complexity index is 515. The standard InChI is InChI=1S/C12H19FN2O2S/c1-8(2)9(3)15-18(16,17)12-5-4-10(7-14)6-11(12)13/h4-6,8-9,15H,7,14H2,1-3H3. The Morgan fingerprint density at radius 3 is 2.39 bits per heavy atom. The third-order valence-corrected chi connectivity index (χ3v) is 4.45. The molecule has 0 amide bonds. The number of benzene rings is 1. The molecule has 1 rings (SSSR count). The van der Waals surface area contributed by atoms with Crippen molar-refractivity contribution in [2.75, 3.05) is 0 Å². The SMILES string of the molecule is CC(C)C(C)NS(=O)(=O)c1ccc(CN)cc1F. The number of hydrogen-bond donors (Lipinski definition) is 2. The lowest BCUT2D eigenvalue weighted by atomic mass is 10.1. The third-order valence-electron chi connectivity index (χ3n) is 2.86. The minimum absolute atomic E-state index is 0.131. The molecular weight excluding hydrogens is 255 g/mol. The van der Waals surface area contributed by atoms with Crippen molar-refractivity contribution in [3.8, 4) is 0 Å². The molecule has 0 aliphatic carbocycles. The first-order chi connectivity index (χ1) is 8.27. The first kappa shape index (κ1) is 15.1. The van der Waals surface area contributed by atoms with Crippen molar-refractivity contribution in [2.45, 2.75) is 38.3 Å². The monoisotopic (exact) mass is 274 g/mol. The maximum absolute atomic E-state index is 13.7. The van der Waals surface area contributed by atoms with E-state index in [0.717, 1.165) is 6.07 Å². The van der Waals surface area contributed by atoms with E-state index >= 15 is 0 Å². The topological polar surface area (TPSA) is 72.2 Å². The molecule has 0 saturated carbocycles. The zero-order valence-corrected chi connectivity index (χ0v) is 11.6. The molecular formula is C12H19FN2O2S. The quantitative estimate of drug-likeness (QED) is 0.856. The third kappa shape index (κ3) is 3.51. The molecule has 1 aromatic carbocycles. The van der Waals surface area contributed by atoms with E-state index in [2.05, 4.69) is 4.72 Å². The molecule has 0 saturated heterocycles. The fourth-order valence-corrected chi connectivity index (χ4v) is 2.78. The Morgan fingerprint density at radius 1 is 1.33 bits per heavy atom. The molecule has 0 aliphatic heterocycles. The smallest absolute Gasteiger partial charge is 0.243 e. The molecule has 4 nitrogen and oxygen atoms in total. The molecule has 0 bridgehead atoms. The van der Waals surface area contributed by atoms with Gasteiger partial charge in [0.2, 0.25) is 10.0 Å². The average molecular weight is 274 g/mol. The van der Waals surface area contributed by atoms with Gasteiger partial charge in [0, 0.05) is 12.6 Å². The van der Waals surface area contributed by atoms with Crippen molar-refractivity contribution >= 4 is 10.0 Å². The largest absolute Gasteiger partial charge is 0.326 e. The van der Waals surface area contributed by atoms with Crippen molar-refractivity contribution in [2.24, 2.45) is 11.7 Å². The summed E-state index contributed by atoms with van der Waals surface area (Å²) in [7, 11) is -3.83. The second-order valence-corrected chi connectivity index (χ2v) is 6.31. The van der Waals surface area contributed by atoms with E-state index in [9.17, 15) is 12.8 Å². The fraction of sp³-hybridized carbons (Fsp3) is 0.500. The highest BCUT2D eigenvalue weighted by Gasteiger charge is 2.22. The first-order valence-electron chi connectivity index (χ1n) is 5.78. The average Bonchev–Trinajstić information content (AvgIpc) is 2.27. The Morgan fingerprint density at radius 2 is 1.94 bits per heavy atom. The highest BCUT2D eigenvalue weighted by molar-refractivity contribution is 7.89. The van der Waals surface area contributed by atoms with Crippen molar-refractivity contribution < 1.29 is 12.8 Å². The fourth-order valence-electron chi connectivity index (χ4n) is 1.33. The summed E-state index contributed by atoms with van der Waals surface area (Å²) in [6, 6.07) is 3.64. The molecule has 1 atom stereocenters. The lowest BCUT2D eigenvalue weighted by molar-refractivity contribution is 0.473. The van der Waals surface area contributed by atoms with Gasteiger partial charge in [-0.15, -0.1) is 0 Å². The van der Waals surface area contributed by atoms with Gasteiger partial charge in [-0.2, -0.15) is 0 Å². The van der Waals surface area contributed by atoms with Crippen LogP contribution in [-0.2, 0) is 16.6 Å². The lowest BCUT2D eigenvalue weighted by Gasteiger charge is -2.17. The summed E-state index contributed by atoms with van der Waals surface area (Å²) in [4.78, 5) is -0.341. The van der Waals surface area contributed by atoms with Crippen LogP contribution in [0.2, 0.25) is 0 Å². The zero-order valence-electron chi connectivity index (χ0n) is 10.8. The van der Waals surface area contributed by atoms with Crippen LogP contribution in [0.5, 0.6) is 0 Å². The Labute approximate surface area is 107 Å². The molecule has 1 aromatic rings. The van der Waals surface area contributed by atoms with E-state index in [1.54, 1.807) is 6.92 Å². The van der Waals surface area contributed by atoms with Crippen LogP contribution in [0.1, 0.15) is 26.3 Å². The summed E-state index contributed by atoms with van der Waals surface area (Å²) in [6.45, 7) is 5.70. The van der Waals surface area contributed by atoms with Crippen LogP contribution in [0.4, 0.5) is 4.39 Å². The lowest BCUT2D eigenvalue weighted by Crippen LogP contribution is -2.36. The highest BCUT2D eigenvalue weighted by atomic mass is 32.2. The molecule has 0 aromatic heterocycles. The number of nitrogens with one attached hydrogen (secondary N) is 1. The summed E-state index contributed by atoms with van der Waals surface area (Å²) in [5.74, 6) is -0.646. The predicted molar refractivity (Wildman–Crippen MR) is 68.9 cm³/mol. The van der Waals surface area contributed by atoms with Crippen molar-refractivity contribution in [3.05, 3.63) is 29.6 Å². The number of rotatable bonds is 5. The molecule has 18 heavy (non-hydrogen) atoms. The molecule has 0 heterocycles. The van der Waals surface area contributed by atoms with Crippen LogP contribution in [0, 0.1) is 11.7 Å². The van der Waals surface area contributed by atoms with Crippen LogP contribution in [0.25, 0.3) is 0 Å². The van der Waals surface area contributed by atoms with Crippen LogP contribution in [0.3, 0.4) is 0 Å². The summed E-state index contributed by atoms with van der Waals surface area (Å²) in [6.07, 6.45) is 0. The van der Waals surface area contributed by atoms with Gasteiger partial charge in [-0.25, -0.2) is 17.5 Å². The molecule has 102 valence electrons. The second kappa shape index (κ2) is 5.77. The molecule has 0 aliphatic rings. The Balaban J connectivity index is 3.06. The van der Waals surface area contributed by atoms with E-state index in [0.29, 0.717) is 5.56 Å². The minimum atomic E-state index is -3.83. The normalized spacial score (nSPS) is 13.9. The van der Waals surface area contributed by atoms with E-state index in [4.69, 9.17) is 5.73 Å². The number of hydrogen-bond acceptors (Lipinski definition) is 3. The van der Waals surface area contributed by atoms with Crippen LogP contribution in [-0.4, -0.2) is 14.5 Å². The Hall–Kier alpha value is -0.980. The second-order valence-electron chi connectivity index (χ2n) is 4.62. The van der Waals surface area contributed by atoms with Crippen LogP contribution < -0.4 is 10.5 Å². The Kier molecular flexibility index (Phi) is 4.84. The number of nitrogens with two attached hydrogens (primary N) is 1. The van der Waals surface area contributed by atoms with Gasteiger partial charge >= 0.3 is 0 Å². The summed E-state index contributed by atoms with van der Waals surface area (Å²) in [5, 5.41) is 0. The van der Waals surface area contributed by atoms with Crippen molar-refractivity contribution in [1.29, 1.82) is 0 Å². The zero-order chi connectivity index (χ0) is 13.9. The van der Waals surface area contributed by atoms with E-state index < -0.39 is 15.8 Å². The van der Waals surface area contributed by atoms with Gasteiger partial charge in [-0.05, 0) is 30.5 Å². The van der Waals surface area contributed by atoms with Gasteiger partial charge in [0.05, 0.1) is 0 Å². The van der Waals surface area contributed by atoms with Gasteiger partial charge in [0.15, 0.2) is 0 Å². The van der Waals surface area contributed by atoms with Gasteiger partial charge in [0.1, 0.15) is 10.7 Å². The number of sulfonamides is 1. The highest BCUT2D eigenvalue weighted by Crippen LogP contribution is 2.17. The minimum Gasteiger partial charge on any atom is -0.326 e. The van der Waals surface area contributed by atoms with Gasteiger partial charge in [-0.3, -0.25) is 0 Å². The van der Waals surface area contributed by atoms with Crippen LogP contribution in [0.15, 0.2) is 23.1 Å². The summed E-state index contributed by atoms with van der Waals surface area (Å²) >= 11 is 0. The molecule has 3 N–H and O–H groups in total. The van der Waals surface area contributed by atoms with Gasteiger partial charge in [0.25, 0.3) is 0 Å². The molecule has 0 spiro atoms. The van der Waals surface area contributed by atoms with E-state index in [-0.39, 0.29) is 23.4 Å². The molecule has 6 heteroatoms. The van der Waals surface area contributed by atoms with Crippen molar-refractivity contribution in [1.82, 2.24) is 4.72 Å². The molecule has 1 unspecified atom stereocenters. The first-order valence-corrected chi connectivity index (χ1v) is 7.27. The predicted octanol–water partition coefficient (Wildman–Crippen LogP) is 1.61. The van der Waals surface area contributed by atoms with Gasteiger partial charge in [-0.1, -0.05) is 19.9 Å². The van der Waals surface area contributed by atoms with Crippen molar-refractivity contribution in [3.63, 3.8) is 0 Å².